The zero-order chi connectivity index (χ0) is 26.9. The number of esters is 2. The lowest BCUT2D eigenvalue weighted by atomic mass is 9.93. The molecule has 0 saturated carbocycles. The Kier molecular flexibility index (Phi) is 7.02. The van der Waals surface area contributed by atoms with Gasteiger partial charge in [-0.1, -0.05) is 55.1 Å². The van der Waals surface area contributed by atoms with Gasteiger partial charge in [0.05, 0.1) is 23.2 Å². The van der Waals surface area contributed by atoms with E-state index in [0.29, 0.717) is 16.3 Å². The Balaban J connectivity index is 1.48. The minimum Gasteiger partial charge on any atom is -0.459 e. The molecule has 38 heavy (non-hydrogen) atoms. The van der Waals surface area contributed by atoms with Crippen LogP contribution in [0, 0.1) is 5.92 Å². The molecular formula is C26H25N5O6S. The Morgan fingerprint density at radius 3 is 2.37 bits per heavy atom. The van der Waals surface area contributed by atoms with E-state index in [2.05, 4.69) is 15.1 Å². The van der Waals surface area contributed by atoms with Gasteiger partial charge < -0.3 is 25.1 Å². The van der Waals surface area contributed by atoms with Crippen LogP contribution in [0.4, 0.5) is 5.82 Å². The maximum absolute atomic E-state index is 13.0. The van der Waals surface area contributed by atoms with Crippen LogP contribution in [0.2, 0.25) is 0 Å². The van der Waals surface area contributed by atoms with Gasteiger partial charge in [0, 0.05) is 0 Å². The Labute approximate surface area is 221 Å². The first-order chi connectivity index (χ1) is 18.3. The molecule has 0 aliphatic carbocycles. The van der Waals surface area contributed by atoms with E-state index in [9.17, 15) is 14.7 Å². The third-order valence-electron chi connectivity index (χ3n) is 6.37. The molecule has 0 spiro atoms. The summed E-state index contributed by atoms with van der Waals surface area (Å²) in [5.74, 6) is -3.88. The second-order valence-electron chi connectivity index (χ2n) is 8.70. The number of thioether (sulfide) groups is 1. The Morgan fingerprint density at radius 2 is 1.74 bits per heavy atom. The minimum absolute atomic E-state index is 0.130. The highest BCUT2D eigenvalue weighted by molar-refractivity contribution is 7.98. The van der Waals surface area contributed by atoms with Crippen molar-refractivity contribution < 1.29 is 28.9 Å². The number of benzene rings is 2. The number of nitrogen functional groups attached to an aromatic ring is 1. The molecule has 0 bridgehead atoms. The summed E-state index contributed by atoms with van der Waals surface area (Å²) in [6.07, 6.45) is 1.19. The average Bonchev–Trinajstić information content (AvgIpc) is 3.48. The predicted molar refractivity (Wildman–Crippen MR) is 137 cm³/mol. The number of anilines is 1. The number of carbonyl (C=O) groups is 2. The van der Waals surface area contributed by atoms with Crippen molar-refractivity contribution in [3.63, 3.8) is 0 Å². The van der Waals surface area contributed by atoms with Crippen molar-refractivity contribution in [3.05, 3.63) is 83.7 Å². The molecule has 196 valence electrons. The summed E-state index contributed by atoms with van der Waals surface area (Å²) >= 11 is 1.27. The number of nitrogens with zero attached hydrogens (tertiary/aromatic N) is 4. The van der Waals surface area contributed by atoms with Gasteiger partial charge in [0.1, 0.15) is 24.5 Å². The van der Waals surface area contributed by atoms with Crippen LogP contribution in [0.25, 0.3) is 5.65 Å². The van der Waals surface area contributed by atoms with Crippen LogP contribution in [0.3, 0.4) is 0 Å². The smallest absolute Gasteiger partial charge is 0.338 e. The Morgan fingerprint density at radius 1 is 1.11 bits per heavy atom. The molecule has 5 rings (SSSR count). The van der Waals surface area contributed by atoms with Gasteiger partial charge in [-0.15, -0.1) is 5.10 Å². The number of aromatic nitrogens is 4. The van der Waals surface area contributed by atoms with E-state index in [0.717, 1.165) is 0 Å². The molecule has 3 heterocycles. The SMILES string of the molecule is CSc1nc(N)c2ncc(C3(O)O[C@H](COC(=O)c4ccccc4)[C@@H](OC(=O)c4ccccc4)[C@@H]3C)n2n1. The van der Waals surface area contributed by atoms with Gasteiger partial charge >= 0.3 is 11.9 Å². The van der Waals surface area contributed by atoms with Crippen LogP contribution in [-0.2, 0) is 20.0 Å². The van der Waals surface area contributed by atoms with Crippen LogP contribution in [0.1, 0.15) is 33.3 Å². The van der Waals surface area contributed by atoms with Crippen molar-refractivity contribution in [3.8, 4) is 0 Å². The quantitative estimate of drug-likeness (QED) is 0.265. The molecule has 4 aromatic rings. The summed E-state index contributed by atoms with van der Waals surface area (Å²) in [6.45, 7) is 1.39. The number of carbonyl (C=O) groups excluding carboxylic acids is 2. The molecule has 12 heteroatoms. The standard InChI is InChI=1S/C26H25N5O6S/c1-15-20(36-24(33)17-11-7-4-8-12-17)18(14-35-23(32)16-9-5-3-6-10-16)37-26(15,34)19-13-28-22-21(27)29-25(38-2)30-31(19)22/h3-13,15,18,20,34H,14H2,1-2H3,(H2,27,29,30)/t15-,18+,20-,26?/m0/s1. The van der Waals surface area contributed by atoms with Gasteiger partial charge in [-0.05, 0) is 30.5 Å². The first-order valence-electron chi connectivity index (χ1n) is 11.8. The molecule has 0 amide bonds. The predicted octanol–water partition coefficient (Wildman–Crippen LogP) is 2.69. The molecule has 3 N–H and O–H groups in total. The van der Waals surface area contributed by atoms with Gasteiger partial charge in [-0.3, -0.25) is 0 Å². The zero-order valence-corrected chi connectivity index (χ0v) is 21.4. The van der Waals surface area contributed by atoms with Gasteiger partial charge in [-0.25, -0.2) is 24.1 Å². The van der Waals surface area contributed by atoms with Crippen molar-refractivity contribution >= 4 is 35.2 Å². The Hall–Kier alpha value is -4.00. The normalized spacial score (nSPS) is 22.9. The fourth-order valence-corrected chi connectivity index (χ4v) is 4.70. The van der Waals surface area contributed by atoms with E-state index in [1.165, 1.54) is 22.5 Å². The summed E-state index contributed by atoms with van der Waals surface area (Å²) in [7, 11) is 0. The lowest BCUT2D eigenvalue weighted by Gasteiger charge is -2.26. The maximum Gasteiger partial charge on any atom is 0.338 e. The van der Waals surface area contributed by atoms with Crippen LogP contribution in [-0.4, -0.2) is 61.7 Å². The highest BCUT2D eigenvalue weighted by Crippen LogP contribution is 2.44. The van der Waals surface area contributed by atoms with E-state index in [4.69, 9.17) is 19.9 Å². The number of ether oxygens (including phenoxy) is 3. The lowest BCUT2D eigenvalue weighted by molar-refractivity contribution is -0.226. The van der Waals surface area contributed by atoms with E-state index in [1.54, 1.807) is 73.8 Å². The lowest BCUT2D eigenvalue weighted by Crippen LogP contribution is -2.37. The van der Waals surface area contributed by atoms with Crippen LogP contribution < -0.4 is 5.73 Å². The summed E-state index contributed by atoms with van der Waals surface area (Å²) in [5, 5.41) is 16.6. The second-order valence-corrected chi connectivity index (χ2v) is 9.48. The highest BCUT2D eigenvalue weighted by Gasteiger charge is 2.57. The summed E-state index contributed by atoms with van der Waals surface area (Å²) in [6, 6.07) is 16.9. The molecule has 1 saturated heterocycles. The van der Waals surface area contributed by atoms with Gasteiger partial charge in [0.2, 0.25) is 10.9 Å². The third-order valence-corrected chi connectivity index (χ3v) is 6.90. The van der Waals surface area contributed by atoms with Gasteiger partial charge in [-0.2, -0.15) is 0 Å². The first-order valence-corrected chi connectivity index (χ1v) is 13.0. The average molecular weight is 536 g/mol. The van der Waals surface area contributed by atoms with Crippen molar-refractivity contribution in [1.82, 2.24) is 19.6 Å². The number of fused-ring (bicyclic) bond motifs is 1. The van der Waals surface area contributed by atoms with Gasteiger partial charge in [0.25, 0.3) is 0 Å². The molecule has 2 aromatic carbocycles. The first kappa shape index (κ1) is 25.6. The van der Waals surface area contributed by atoms with Crippen LogP contribution in [0.15, 0.2) is 72.0 Å². The number of aliphatic hydroxyl groups is 1. The molecule has 1 aliphatic rings. The number of hydrogen-bond acceptors (Lipinski definition) is 11. The van der Waals surface area contributed by atoms with Gasteiger partial charge in [0.15, 0.2) is 11.5 Å². The number of nitrogens with two attached hydrogens (primary N) is 1. The second kappa shape index (κ2) is 10.4. The molecule has 0 radical (unpaired) electrons. The molecule has 1 unspecified atom stereocenters. The molecule has 11 nitrogen and oxygen atoms in total. The number of hydrogen-bond donors (Lipinski definition) is 2. The number of imidazole rings is 1. The molecule has 2 aromatic heterocycles. The van der Waals surface area contributed by atoms with Crippen molar-refractivity contribution in [2.24, 2.45) is 5.92 Å². The monoisotopic (exact) mass is 535 g/mol. The fraction of sp³-hybridized carbons (Fsp3) is 0.269. The van der Waals surface area contributed by atoms with Crippen molar-refractivity contribution in [2.45, 2.75) is 30.1 Å². The van der Waals surface area contributed by atoms with E-state index in [-0.39, 0.29) is 23.8 Å². The fourth-order valence-electron chi connectivity index (χ4n) is 4.34. The summed E-state index contributed by atoms with van der Waals surface area (Å²) in [5.41, 5.74) is 7.13. The molecular weight excluding hydrogens is 510 g/mol. The third kappa shape index (κ3) is 4.69. The summed E-state index contributed by atoms with van der Waals surface area (Å²) in [4.78, 5) is 34.0. The van der Waals surface area contributed by atoms with E-state index < -0.39 is 35.9 Å². The topological polar surface area (TPSA) is 151 Å². The maximum atomic E-state index is 13.0. The Bertz CT molecular complexity index is 1470. The molecule has 1 fully saturated rings. The minimum atomic E-state index is -2.01. The highest BCUT2D eigenvalue weighted by atomic mass is 32.2. The van der Waals surface area contributed by atoms with Crippen molar-refractivity contribution in [2.75, 3.05) is 18.6 Å². The number of rotatable bonds is 7. The molecule has 1 aliphatic heterocycles. The van der Waals surface area contributed by atoms with Crippen LogP contribution >= 0.6 is 11.8 Å². The summed E-state index contributed by atoms with van der Waals surface area (Å²) < 4.78 is 18.8. The van der Waals surface area contributed by atoms with Crippen LogP contribution in [0.5, 0.6) is 0 Å². The zero-order valence-electron chi connectivity index (χ0n) is 20.6. The van der Waals surface area contributed by atoms with Crippen molar-refractivity contribution in [1.29, 1.82) is 0 Å². The molecule has 4 atom stereocenters. The van der Waals surface area contributed by atoms with E-state index in [1.807, 2.05) is 0 Å². The van der Waals surface area contributed by atoms with E-state index >= 15 is 0 Å². The largest absolute Gasteiger partial charge is 0.459 e.